The first-order valence-corrected chi connectivity index (χ1v) is 8.43. The minimum Gasteiger partial charge on any atom is -0.331 e. The molecule has 0 aromatic heterocycles. The molecule has 0 radical (unpaired) electrons. The van der Waals surface area contributed by atoms with Gasteiger partial charge in [0.05, 0.1) is 24.4 Å². The fraction of sp³-hybridized carbons (Fsp3) is 0.316. The zero-order valence-corrected chi connectivity index (χ0v) is 15.1. The molecular weight excluding hydrogens is 357 g/mol. The monoisotopic (exact) mass is 378 g/mol. The second-order valence-corrected chi connectivity index (χ2v) is 5.89. The quantitative estimate of drug-likeness (QED) is 0.606. The van der Waals surface area contributed by atoms with Gasteiger partial charge in [0.2, 0.25) is 0 Å². The van der Waals surface area contributed by atoms with Gasteiger partial charge in [0.15, 0.2) is 0 Å². The Labute approximate surface area is 156 Å². The third-order valence-electron chi connectivity index (χ3n) is 3.76. The number of urea groups is 1. The van der Waals surface area contributed by atoms with Crippen LogP contribution in [0.2, 0.25) is 0 Å². The molecule has 0 saturated carbocycles. The lowest BCUT2D eigenvalue weighted by Crippen LogP contribution is -2.36. The average molecular weight is 378 g/mol. The Hall–Kier alpha value is -2.90. The maximum Gasteiger partial charge on any atom is 0.417 e. The Bertz CT molecular complexity index is 777. The highest BCUT2D eigenvalue weighted by molar-refractivity contribution is 6.02. The fourth-order valence-electron chi connectivity index (χ4n) is 2.35. The summed E-state index contributed by atoms with van der Waals surface area (Å²) in [6.07, 6.45) is 0.313. The lowest BCUT2D eigenvalue weighted by atomic mass is 10.1. The number of alkyl halides is 3. The highest BCUT2D eigenvalue weighted by Crippen LogP contribution is 2.26. The first-order chi connectivity index (χ1) is 12.8. The van der Waals surface area contributed by atoms with Gasteiger partial charge in [0, 0.05) is 18.8 Å². The maximum absolute atomic E-state index is 12.7. The van der Waals surface area contributed by atoms with Gasteiger partial charge in [-0.2, -0.15) is 18.3 Å². The van der Waals surface area contributed by atoms with E-state index in [0.29, 0.717) is 13.0 Å². The summed E-state index contributed by atoms with van der Waals surface area (Å²) in [5, 5.41) is 8.15. The Morgan fingerprint density at radius 2 is 2.04 bits per heavy atom. The zero-order valence-electron chi connectivity index (χ0n) is 15.1. The van der Waals surface area contributed by atoms with Crippen LogP contribution in [-0.4, -0.2) is 42.2 Å². The second kappa shape index (κ2) is 9.16. The number of nitrogens with one attached hydrogen (secondary N) is 1. The summed E-state index contributed by atoms with van der Waals surface area (Å²) < 4.78 is 38.0. The normalized spacial score (nSPS) is 15.7. The molecule has 27 heavy (non-hydrogen) atoms. The molecule has 8 heteroatoms. The van der Waals surface area contributed by atoms with Crippen molar-refractivity contribution in [2.24, 2.45) is 10.1 Å². The first-order valence-electron chi connectivity index (χ1n) is 8.43. The van der Waals surface area contributed by atoms with Crippen LogP contribution in [0.1, 0.15) is 24.5 Å². The van der Waals surface area contributed by atoms with Crippen LogP contribution in [0.4, 0.5) is 18.0 Å². The topological polar surface area (TPSA) is 57.1 Å². The molecule has 0 spiro atoms. The number of hydrogen-bond donors (Lipinski definition) is 1. The summed E-state index contributed by atoms with van der Waals surface area (Å²) in [7, 11) is 0. The molecule has 1 heterocycles. The summed E-state index contributed by atoms with van der Waals surface area (Å²) >= 11 is 0. The third-order valence-corrected chi connectivity index (χ3v) is 3.76. The van der Waals surface area contributed by atoms with Crippen molar-refractivity contribution in [3.8, 4) is 0 Å². The highest BCUT2D eigenvalue weighted by atomic mass is 19.4. The van der Waals surface area contributed by atoms with Crippen molar-refractivity contribution in [3.63, 3.8) is 0 Å². The Morgan fingerprint density at radius 1 is 1.33 bits per heavy atom. The minimum atomic E-state index is -4.47. The van der Waals surface area contributed by atoms with E-state index >= 15 is 0 Å². The van der Waals surface area contributed by atoms with Crippen molar-refractivity contribution < 1.29 is 18.0 Å². The number of carbonyl (C=O) groups is 1. The van der Waals surface area contributed by atoms with Crippen molar-refractivity contribution >= 4 is 18.0 Å². The molecule has 5 nitrogen and oxygen atoms in total. The molecule has 0 atom stereocenters. The van der Waals surface area contributed by atoms with Gasteiger partial charge in [0.25, 0.3) is 0 Å². The summed E-state index contributed by atoms with van der Waals surface area (Å²) in [6, 6.07) is 7.45. The van der Waals surface area contributed by atoms with Gasteiger partial charge in [-0.05, 0) is 19.4 Å². The predicted molar refractivity (Wildman–Crippen MR) is 99.9 cm³/mol. The van der Waals surface area contributed by atoms with Gasteiger partial charge in [0.1, 0.15) is 0 Å². The van der Waals surface area contributed by atoms with E-state index in [1.165, 1.54) is 24.2 Å². The number of amides is 2. The largest absolute Gasteiger partial charge is 0.417 e. The van der Waals surface area contributed by atoms with Crippen LogP contribution >= 0.6 is 0 Å². The van der Waals surface area contributed by atoms with Crippen LogP contribution in [0.25, 0.3) is 0 Å². The molecule has 1 aliphatic rings. The van der Waals surface area contributed by atoms with Crippen LogP contribution < -0.4 is 5.32 Å². The predicted octanol–water partition coefficient (Wildman–Crippen LogP) is 4.21. The number of allylic oxidation sites excluding steroid dienone is 3. The number of rotatable bonds is 5. The van der Waals surface area contributed by atoms with Crippen molar-refractivity contribution in [3.05, 3.63) is 59.3 Å². The molecule has 144 valence electrons. The van der Waals surface area contributed by atoms with Crippen molar-refractivity contribution in [1.29, 1.82) is 0 Å². The van der Waals surface area contributed by atoms with Gasteiger partial charge < -0.3 is 5.32 Å². The van der Waals surface area contributed by atoms with E-state index in [1.54, 1.807) is 0 Å². The minimum absolute atomic E-state index is 0.00218. The summed E-state index contributed by atoms with van der Waals surface area (Å²) in [5.74, 6) is 0. The Balaban J connectivity index is 1.88. The van der Waals surface area contributed by atoms with Crippen LogP contribution in [-0.2, 0) is 0 Å². The average Bonchev–Trinajstić information content (AvgIpc) is 3.10. The maximum atomic E-state index is 12.7. The number of benzene rings is 1. The zero-order chi connectivity index (χ0) is 19.9. The van der Waals surface area contributed by atoms with Crippen LogP contribution in [0, 0.1) is 6.92 Å². The van der Waals surface area contributed by atoms with E-state index in [4.69, 9.17) is 0 Å². The number of nitrogens with zero attached hydrogens (tertiary/aromatic N) is 3. The molecule has 0 saturated heterocycles. The molecule has 0 fully saturated rings. The Kier molecular flexibility index (Phi) is 6.92. The van der Waals surface area contributed by atoms with Gasteiger partial charge in [-0.25, -0.2) is 9.80 Å². The molecule has 1 N–H and O–H groups in total. The molecule has 0 bridgehead atoms. The van der Waals surface area contributed by atoms with E-state index in [0.717, 1.165) is 29.1 Å². The molecular formula is C19H21F3N4O. The van der Waals surface area contributed by atoms with Crippen molar-refractivity contribution in [2.45, 2.75) is 26.4 Å². The molecule has 1 aliphatic heterocycles. The molecule has 0 unspecified atom stereocenters. The number of aliphatic imine (C=N–C) groups is 1. The lowest BCUT2D eigenvalue weighted by Gasteiger charge is -2.11. The summed E-state index contributed by atoms with van der Waals surface area (Å²) in [4.78, 5) is 15.7. The number of hydrogen-bond acceptors (Lipinski definition) is 3. The second-order valence-electron chi connectivity index (χ2n) is 5.89. The fourth-order valence-corrected chi connectivity index (χ4v) is 2.35. The van der Waals surface area contributed by atoms with E-state index in [1.807, 2.05) is 31.2 Å². The van der Waals surface area contributed by atoms with E-state index < -0.39 is 17.8 Å². The SMILES string of the molecule is C/C=C\C(=C/N=CCNC(=O)N1CCC(c2ccc(C)cc2)=N1)C(F)(F)F. The molecule has 1 aromatic carbocycles. The Morgan fingerprint density at radius 3 is 2.67 bits per heavy atom. The van der Waals surface area contributed by atoms with Crippen molar-refractivity contribution in [2.75, 3.05) is 13.1 Å². The first kappa shape index (κ1) is 20.4. The van der Waals surface area contributed by atoms with Crippen molar-refractivity contribution in [1.82, 2.24) is 10.3 Å². The standard InChI is InChI=1S/C19H21F3N4O/c1-3-4-16(19(20,21)22)13-23-10-11-24-18(27)26-12-9-17(25-26)15-7-5-14(2)6-8-15/h3-8,10,13H,9,11-12H2,1-2H3,(H,24,27)/b4-3-,16-13+,23-10?. The highest BCUT2D eigenvalue weighted by Gasteiger charge is 2.31. The summed E-state index contributed by atoms with van der Waals surface area (Å²) in [6.45, 7) is 3.94. The molecule has 0 aliphatic carbocycles. The van der Waals surface area contributed by atoms with Gasteiger partial charge >= 0.3 is 12.2 Å². The number of carbonyl (C=O) groups excluding carboxylic acids is 1. The number of aryl methyl sites for hydroxylation is 1. The number of hydrazone groups is 1. The summed E-state index contributed by atoms with van der Waals surface area (Å²) in [5.41, 5.74) is 2.07. The van der Waals surface area contributed by atoms with E-state index in [9.17, 15) is 18.0 Å². The lowest BCUT2D eigenvalue weighted by molar-refractivity contribution is -0.0883. The van der Waals surface area contributed by atoms with Gasteiger partial charge in [-0.1, -0.05) is 42.0 Å². The van der Waals surface area contributed by atoms with Crippen LogP contribution in [0.5, 0.6) is 0 Å². The smallest absolute Gasteiger partial charge is 0.331 e. The molecule has 1 aromatic rings. The van der Waals surface area contributed by atoms with Gasteiger partial charge in [-0.15, -0.1) is 0 Å². The third kappa shape index (κ3) is 6.09. The van der Waals surface area contributed by atoms with Gasteiger partial charge in [-0.3, -0.25) is 4.99 Å². The molecule has 2 rings (SSSR count). The van der Waals surface area contributed by atoms with Crippen LogP contribution in [0.15, 0.2) is 58.3 Å². The van der Waals surface area contributed by atoms with E-state index in [2.05, 4.69) is 15.4 Å². The van der Waals surface area contributed by atoms with Crippen LogP contribution in [0.3, 0.4) is 0 Å². The molecule has 2 amide bonds. The van der Waals surface area contributed by atoms with E-state index in [-0.39, 0.29) is 6.54 Å². The number of halogens is 3.